The third-order valence-electron chi connectivity index (χ3n) is 16.6. The molecule has 17 aromatic rings. The Bertz CT molecular complexity index is 5460. The molecule has 11 aromatic carbocycles. The zero-order valence-electron chi connectivity index (χ0n) is 41.7. The Kier molecular flexibility index (Phi) is 8.65. The fourth-order valence-corrected chi connectivity index (χ4v) is 13.4. The summed E-state index contributed by atoms with van der Waals surface area (Å²) in [4.78, 5) is 4.34. The lowest BCUT2D eigenvalue weighted by Crippen LogP contribution is -2.06. The standard InChI is InChI=1S/C70H40N6O2/c1-72-53-38-41(36-37-73-58-34-32-49-47-20-6-12-30-63(47)77-69(49)65(58)51-22-14-28-60(67(51)73)74-54-24-8-2-16-43(54)44-17-3-9-25-55(44)74)42(40-71)39-62(53)76-59-35-33-50-48-21-7-13-31-64(48)78-70(50)66(59)52-23-15-29-61(68(52)76)75-56-26-10-4-18-45(56)46-19-5-11-27-57(46)75/h2-35,38-39H,36-37H2. The van der Waals surface area contributed by atoms with Gasteiger partial charge in [0.15, 0.2) is 0 Å². The molecule has 0 saturated heterocycles. The van der Waals surface area contributed by atoms with Crippen LogP contribution in [0.2, 0.25) is 0 Å². The summed E-state index contributed by atoms with van der Waals surface area (Å²) in [5.74, 6) is 0. The summed E-state index contributed by atoms with van der Waals surface area (Å²) in [6.45, 7) is 9.49. The normalized spacial score (nSPS) is 12.2. The van der Waals surface area contributed by atoms with E-state index in [1.807, 2.05) is 42.5 Å². The quantitative estimate of drug-likeness (QED) is 0.156. The van der Waals surface area contributed by atoms with E-state index < -0.39 is 0 Å². The lowest BCUT2D eigenvalue weighted by atomic mass is 10.0. The van der Waals surface area contributed by atoms with Crippen molar-refractivity contribution in [3.05, 3.63) is 241 Å². The first-order chi connectivity index (χ1) is 38.6. The van der Waals surface area contributed by atoms with Crippen LogP contribution in [0.25, 0.3) is 153 Å². The van der Waals surface area contributed by atoms with Crippen LogP contribution in [0.5, 0.6) is 0 Å². The molecule has 0 aliphatic rings. The van der Waals surface area contributed by atoms with Gasteiger partial charge < -0.3 is 27.1 Å². The van der Waals surface area contributed by atoms with Crippen LogP contribution in [-0.4, -0.2) is 18.3 Å². The molecule has 8 heteroatoms. The summed E-state index contributed by atoms with van der Waals surface area (Å²) in [7, 11) is 0. The van der Waals surface area contributed by atoms with Crippen molar-refractivity contribution in [2.45, 2.75) is 13.0 Å². The molecule has 0 aliphatic heterocycles. The van der Waals surface area contributed by atoms with Gasteiger partial charge in [-0.05, 0) is 96.9 Å². The number of hydrogen-bond acceptors (Lipinski definition) is 3. The van der Waals surface area contributed by atoms with E-state index in [0.29, 0.717) is 29.9 Å². The molecule has 0 amide bonds. The zero-order chi connectivity index (χ0) is 51.3. The molecule has 0 aliphatic carbocycles. The first-order valence-corrected chi connectivity index (χ1v) is 26.3. The van der Waals surface area contributed by atoms with Crippen molar-refractivity contribution < 1.29 is 8.83 Å². The SMILES string of the molecule is [C-]#[N+]c1cc(CCn2c3ccc4c5ccccc5oc4c3c3cccc(-n4c5ccccc5c5ccccc54)c32)c(C#N)cc1-n1c2ccc3c4ccccc4oc3c2c2cccc(-n3c4ccccc4c4ccccc43)c21. The molecule has 0 radical (unpaired) electrons. The monoisotopic (exact) mass is 996 g/mol. The van der Waals surface area contributed by atoms with Crippen molar-refractivity contribution in [2.75, 3.05) is 0 Å². The maximum atomic E-state index is 11.4. The molecule has 0 unspecified atom stereocenters. The summed E-state index contributed by atoms with van der Waals surface area (Å²) in [6.07, 6.45) is 0.476. The molecule has 0 spiro atoms. The molecule has 0 bridgehead atoms. The Labute approximate surface area is 444 Å². The van der Waals surface area contributed by atoms with Gasteiger partial charge >= 0.3 is 0 Å². The molecule has 17 rings (SSSR count). The van der Waals surface area contributed by atoms with Crippen LogP contribution in [0, 0.1) is 17.9 Å². The lowest BCUT2D eigenvalue weighted by molar-refractivity contribution is 0.672. The minimum Gasteiger partial charge on any atom is -0.455 e. The first-order valence-electron chi connectivity index (χ1n) is 26.3. The van der Waals surface area contributed by atoms with E-state index in [1.54, 1.807) is 0 Å². The predicted octanol–water partition coefficient (Wildman–Crippen LogP) is 18.5. The van der Waals surface area contributed by atoms with Gasteiger partial charge in [-0.1, -0.05) is 133 Å². The van der Waals surface area contributed by atoms with E-state index in [9.17, 15) is 5.26 Å². The topological polar surface area (TPSA) is 74.2 Å². The molecule has 0 N–H and O–H groups in total. The summed E-state index contributed by atoms with van der Waals surface area (Å²) in [6, 6.07) is 79.0. The average molecular weight is 997 g/mol. The molecular weight excluding hydrogens is 957 g/mol. The second-order valence-electron chi connectivity index (χ2n) is 20.4. The number of nitrogens with zero attached hydrogens (tertiary/aromatic N) is 6. The molecule has 8 nitrogen and oxygen atoms in total. The lowest BCUT2D eigenvalue weighted by Gasteiger charge is -2.17. The first kappa shape index (κ1) is 42.5. The minimum atomic E-state index is 0.446. The molecule has 0 saturated carbocycles. The Morgan fingerprint density at radius 2 is 0.846 bits per heavy atom. The highest BCUT2D eigenvalue weighted by Crippen LogP contribution is 2.47. The maximum Gasteiger partial charge on any atom is 0.210 e. The summed E-state index contributed by atoms with van der Waals surface area (Å²) in [5, 5.41) is 24.3. The van der Waals surface area contributed by atoms with Crippen LogP contribution in [0.1, 0.15) is 11.1 Å². The van der Waals surface area contributed by atoms with Gasteiger partial charge in [0.1, 0.15) is 22.3 Å². The molecule has 0 fully saturated rings. The summed E-state index contributed by atoms with van der Waals surface area (Å²) < 4.78 is 23.0. The zero-order valence-corrected chi connectivity index (χ0v) is 41.7. The molecule has 0 atom stereocenters. The fraction of sp³-hybridized carbons (Fsp3) is 0.0286. The minimum absolute atomic E-state index is 0.446. The van der Waals surface area contributed by atoms with Crippen LogP contribution in [0.15, 0.2) is 227 Å². The second kappa shape index (κ2) is 15.9. The largest absolute Gasteiger partial charge is 0.455 e. The number of benzene rings is 11. The third kappa shape index (κ3) is 5.64. The van der Waals surface area contributed by atoms with Gasteiger partial charge in [0.2, 0.25) is 5.69 Å². The van der Waals surface area contributed by atoms with Gasteiger partial charge in [0, 0.05) is 60.4 Å². The van der Waals surface area contributed by atoms with Gasteiger partial charge in [-0.2, -0.15) is 5.26 Å². The number of furan rings is 2. The van der Waals surface area contributed by atoms with Gasteiger partial charge in [-0.3, -0.25) is 0 Å². The van der Waals surface area contributed by atoms with Crippen molar-refractivity contribution in [1.29, 1.82) is 5.26 Å². The number of aromatic nitrogens is 4. The molecule has 6 heterocycles. The van der Waals surface area contributed by atoms with Crippen molar-refractivity contribution in [3.63, 3.8) is 0 Å². The van der Waals surface area contributed by atoms with E-state index >= 15 is 0 Å². The van der Waals surface area contributed by atoms with Gasteiger partial charge in [-0.15, -0.1) is 0 Å². The molecular formula is C70H40N6O2. The number of hydrogen-bond donors (Lipinski definition) is 0. The Morgan fingerprint density at radius 3 is 1.37 bits per heavy atom. The number of fused-ring (bicyclic) bond motifs is 20. The van der Waals surface area contributed by atoms with Gasteiger partial charge in [0.05, 0.1) is 90.2 Å². The predicted molar refractivity (Wildman–Crippen MR) is 318 cm³/mol. The average Bonchev–Trinajstić information content (AvgIpc) is 4.49. The number of nitriles is 1. The Balaban J connectivity index is 0.903. The van der Waals surface area contributed by atoms with Crippen molar-refractivity contribution in [1.82, 2.24) is 18.3 Å². The van der Waals surface area contributed by atoms with E-state index in [2.05, 4.69) is 205 Å². The second-order valence-corrected chi connectivity index (χ2v) is 20.4. The fourth-order valence-electron chi connectivity index (χ4n) is 13.4. The molecule has 6 aromatic heterocycles. The van der Waals surface area contributed by atoms with Crippen LogP contribution < -0.4 is 0 Å². The van der Waals surface area contributed by atoms with Crippen LogP contribution in [0.3, 0.4) is 0 Å². The van der Waals surface area contributed by atoms with Crippen molar-refractivity contribution >= 4 is 137 Å². The Hall–Kier alpha value is -10.8. The number of para-hydroxylation sites is 8. The van der Waals surface area contributed by atoms with Gasteiger partial charge in [0.25, 0.3) is 0 Å². The highest BCUT2D eigenvalue weighted by atomic mass is 16.3. The van der Waals surface area contributed by atoms with E-state index in [1.165, 1.54) is 10.8 Å². The number of rotatable bonds is 6. The van der Waals surface area contributed by atoms with Gasteiger partial charge in [-0.25, -0.2) is 4.85 Å². The number of aryl methyl sites for hydroxylation is 2. The van der Waals surface area contributed by atoms with Crippen molar-refractivity contribution in [3.8, 4) is 23.1 Å². The highest BCUT2D eigenvalue weighted by Gasteiger charge is 2.27. The third-order valence-corrected chi connectivity index (χ3v) is 16.6. The Morgan fingerprint density at radius 1 is 0.397 bits per heavy atom. The van der Waals surface area contributed by atoms with E-state index in [0.717, 1.165) is 137 Å². The van der Waals surface area contributed by atoms with E-state index in [4.69, 9.17) is 15.4 Å². The maximum absolute atomic E-state index is 11.4. The van der Waals surface area contributed by atoms with Crippen LogP contribution >= 0.6 is 0 Å². The smallest absolute Gasteiger partial charge is 0.210 e. The highest BCUT2D eigenvalue weighted by molar-refractivity contribution is 6.27. The van der Waals surface area contributed by atoms with E-state index in [-0.39, 0.29) is 0 Å². The summed E-state index contributed by atoms with van der Waals surface area (Å²) >= 11 is 0. The van der Waals surface area contributed by atoms with Crippen LogP contribution in [0.4, 0.5) is 5.69 Å². The molecule has 78 heavy (non-hydrogen) atoms. The molecule has 362 valence electrons. The van der Waals surface area contributed by atoms with Crippen molar-refractivity contribution in [2.24, 2.45) is 0 Å². The van der Waals surface area contributed by atoms with Crippen LogP contribution in [-0.2, 0) is 13.0 Å². The summed E-state index contributed by atoms with van der Waals surface area (Å²) in [5.41, 5.74) is 15.9.